The Hall–Kier alpha value is -2.62. The molecule has 1 N–H and O–H groups in total. The molecule has 0 spiro atoms. The van der Waals surface area contributed by atoms with Gasteiger partial charge in [-0.25, -0.2) is 4.98 Å². The number of aromatic nitrogens is 2. The Morgan fingerprint density at radius 3 is 2.70 bits per heavy atom. The lowest BCUT2D eigenvalue weighted by atomic mass is 10.0. The molecule has 0 bridgehead atoms. The number of pyridine rings is 2. The number of hydrogen-bond donors (Lipinski definition) is 1. The minimum absolute atomic E-state index is 0.294. The van der Waals surface area contributed by atoms with Gasteiger partial charge >= 0.3 is 0 Å². The van der Waals surface area contributed by atoms with Gasteiger partial charge in [0.1, 0.15) is 0 Å². The maximum absolute atomic E-state index is 11.8. The summed E-state index contributed by atoms with van der Waals surface area (Å²) in [6, 6.07) is 13.3. The van der Waals surface area contributed by atoms with Crippen molar-refractivity contribution in [1.29, 1.82) is 0 Å². The lowest BCUT2D eigenvalue weighted by Crippen LogP contribution is -2.19. The second-order valence-corrected chi connectivity index (χ2v) is 4.86. The van der Waals surface area contributed by atoms with Gasteiger partial charge in [0.15, 0.2) is 5.65 Å². The number of fused-ring (bicyclic) bond motifs is 1. The van der Waals surface area contributed by atoms with Crippen LogP contribution in [-0.4, -0.2) is 14.9 Å². The van der Waals surface area contributed by atoms with Gasteiger partial charge in [-0.1, -0.05) is 29.8 Å². The number of aryl methyl sites for hydroxylation is 1. The molecule has 4 heteroatoms. The highest BCUT2D eigenvalue weighted by atomic mass is 16.5. The molecule has 0 unspecified atom stereocenters. The van der Waals surface area contributed by atoms with Crippen molar-refractivity contribution in [2.24, 2.45) is 0 Å². The highest BCUT2D eigenvalue weighted by Gasteiger charge is 2.09. The van der Waals surface area contributed by atoms with Crippen LogP contribution in [-0.2, 0) is 6.42 Å². The van der Waals surface area contributed by atoms with Crippen molar-refractivity contribution in [3.8, 4) is 0 Å². The standard InChI is InChI=1S/C16H14N2O2/c1-11-4-6-12(7-5-11)9-13-10-15(19)18(20)16-14(13)3-2-8-17-16/h2-8,10,20H,9H2,1H3. The van der Waals surface area contributed by atoms with E-state index in [1.807, 2.05) is 37.3 Å². The second kappa shape index (κ2) is 4.81. The summed E-state index contributed by atoms with van der Waals surface area (Å²) in [6.07, 6.45) is 2.20. The number of benzene rings is 1. The van der Waals surface area contributed by atoms with Gasteiger partial charge in [0.05, 0.1) is 0 Å². The fraction of sp³-hybridized carbons (Fsp3) is 0.125. The third-order valence-corrected chi connectivity index (χ3v) is 3.35. The highest BCUT2D eigenvalue weighted by Crippen LogP contribution is 2.18. The molecule has 0 atom stereocenters. The van der Waals surface area contributed by atoms with Gasteiger partial charge in [0.2, 0.25) is 0 Å². The third-order valence-electron chi connectivity index (χ3n) is 3.35. The Morgan fingerprint density at radius 1 is 1.20 bits per heavy atom. The molecule has 0 aliphatic carbocycles. The molecule has 20 heavy (non-hydrogen) atoms. The van der Waals surface area contributed by atoms with E-state index in [0.29, 0.717) is 16.8 Å². The molecular weight excluding hydrogens is 252 g/mol. The molecule has 0 fully saturated rings. The first-order valence-corrected chi connectivity index (χ1v) is 6.39. The van der Waals surface area contributed by atoms with E-state index in [9.17, 15) is 10.0 Å². The van der Waals surface area contributed by atoms with E-state index in [1.165, 1.54) is 11.6 Å². The van der Waals surface area contributed by atoms with Crippen LogP contribution in [0, 0.1) is 6.92 Å². The molecule has 3 rings (SSSR count). The first-order chi connectivity index (χ1) is 9.65. The van der Waals surface area contributed by atoms with Crippen LogP contribution >= 0.6 is 0 Å². The van der Waals surface area contributed by atoms with Crippen LogP contribution in [0.4, 0.5) is 0 Å². The SMILES string of the molecule is Cc1ccc(Cc2cc(=O)n(O)c3ncccc23)cc1. The molecule has 0 amide bonds. The van der Waals surface area contributed by atoms with Gasteiger partial charge in [-0.15, -0.1) is 4.73 Å². The largest absolute Gasteiger partial charge is 0.423 e. The third kappa shape index (κ3) is 2.16. The molecule has 2 heterocycles. The Labute approximate surface area is 115 Å². The van der Waals surface area contributed by atoms with E-state index in [2.05, 4.69) is 4.98 Å². The topological polar surface area (TPSA) is 55.1 Å². The van der Waals surface area contributed by atoms with E-state index < -0.39 is 5.56 Å². The van der Waals surface area contributed by atoms with Crippen LogP contribution in [0.2, 0.25) is 0 Å². The molecule has 4 nitrogen and oxygen atoms in total. The molecule has 1 aromatic carbocycles. The summed E-state index contributed by atoms with van der Waals surface area (Å²) in [5.74, 6) is 0. The van der Waals surface area contributed by atoms with Gasteiger partial charge < -0.3 is 5.21 Å². The Kier molecular flexibility index (Phi) is 2.99. The maximum Gasteiger partial charge on any atom is 0.285 e. The summed E-state index contributed by atoms with van der Waals surface area (Å²) in [7, 11) is 0. The van der Waals surface area contributed by atoms with E-state index in [1.54, 1.807) is 12.3 Å². The summed E-state index contributed by atoms with van der Waals surface area (Å²) in [4.78, 5) is 15.8. The lowest BCUT2D eigenvalue weighted by molar-refractivity contribution is 0.186. The molecule has 0 aliphatic heterocycles. The van der Waals surface area contributed by atoms with Crippen LogP contribution in [0.1, 0.15) is 16.7 Å². The molecule has 100 valence electrons. The first kappa shape index (κ1) is 12.4. The summed E-state index contributed by atoms with van der Waals surface area (Å²) in [5.41, 5.74) is 3.02. The summed E-state index contributed by atoms with van der Waals surface area (Å²) in [5, 5.41) is 10.5. The zero-order valence-electron chi connectivity index (χ0n) is 11.1. The monoisotopic (exact) mass is 266 g/mol. The van der Waals surface area contributed by atoms with Gasteiger partial charge in [-0.2, -0.15) is 0 Å². The first-order valence-electron chi connectivity index (χ1n) is 6.39. The minimum Gasteiger partial charge on any atom is -0.423 e. The Bertz CT molecular complexity index is 820. The quantitative estimate of drug-likeness (QED) is 0.725. The van der Waals surface area contributed by atoms with Crippen LogP contribution in [0.25, 0.3) is 11.0 Å². The molecule has 0 aliphatic rings. The zero-order valence-corrected chi connectivity index (χ0v) is 11.1. The average molecular weight is 266 g/mol. The molecule has 3 aromatic rings. The van der Waals surface area contributed by atoms with Crippen molar-refractivity contribution < 1.29 is 5.21 Å². The van der Waals surface area contributed by atoms with Crippen LogP contribution in [0.5, 0.6) is 0 Å². The van der Waals surface area contributed by atoms with Gasteiger partial charge in [-0.05, 0) is 36.6 Å². The molecule has 2 aromatic heterocycles. The second-order valence-electron chi connectivity index (χ2n) is 4.86. The molecular formula is C16H14N2O2. The van der Waals surface area contributed by atoms with E-state index in [0.717, 1.165) is 16.5 Å². The smallest absolute Gasteiger partial charge is 0.285 e. The van der Waals surface area contributed by atoms with Crippen molar-refractivity contribution in [1.82, 2.24) is 9.71 Å². The predicted octanol–water partition coefficient (Wildman–Crippen LogP) is 2.53. The summed E-state index contributed by atoms with van der Waals surface area (Å²) < 4.78 is 0.591. The van der Waals surface area contributed by atoms with Gasteiger partial charge in [-0.3, -0.25) is 4.79 Å². The van der Waals surface area contributed by atoms with Crippen molar-refractivity contribution in [3.05, 3.63) is 75.7 Å². The average Bonchev–Trinajstić information content (AvgIpc) is 2.47. The lowest BCUT2D eigenvalue weighted by Gasteiger charge is -2.08. The van der Waals surface area contributed by atoms with Crippen LogP contribution in [0.15, 0.2) is 53.5 Å². The molecule has 0 saturated heterocycles. The van der Waals surface area contributed by atoms with Crippen molar-refractivity contribution >= 4 is 11.0 Å². The predicted molar refractivity (Wildman–Crippen MR) is 77.2 cm³/mol. The fourth-order valence-corrected chi connectivity index (χ4v) is 2.28. The van der Waals surface area contributed by atoms with E-state index in [-0.39, 0.29) is 0 Å². The Morgan fingerprint density at radius 2 is 1.95 bits per heavy atom. The van der Waals surface area contributed by atoms with Crippen LogP contribution < -0.4 is 5.56 Å². The normalized spacial score (nSPS) is 10.8. The van der Waals surface area contributed by atoms with Crippen molar-refractivity contribution in [2.45, 2.75) is 13.3 Å². The highest BCUT2D eigenvalue weighted by molar-refractivity contribution is 5.79. The van der Waals surface area contributed by atoms with E-state index >= 15 is 0 Å². The summed E-state index contributed by atoms with van der Waals surface area (Å²) in [6.45, 7) is 2.04. The maximum atomic E-state index is 11.8. The number of hydrogen-bond acceptors (Lipinski definition) is 3. The zero-order chi connectivity index (χ0) is 14.1. The van der Waals surface area contributed by atoms with Crippen molar-refractivity contribution in [2.75, 3.05) is 0 Å². The van der Waals surface area contributed by atoms with Crippen molar-refractivity contribution in [3.63, 3.8) is 0 Å². The number of nitrogens with zero attached hydrogens (tertiary/aromatic N) is 2. The van der Waals surface area contributed by atoms with Gasteiger partial charge in [0, 0.05) is 17.6 Å². The Balaban J connectivity index is 2.14. The fourth-order valence-electron chi connectivity index (χ4n) is 2.28. The molecule has 0 radical (unpaired) electrons. The van der Waals surface area contributed by atoms with Crippen LogP contribution in [0.3, 0.4) is 0 Å². The number of rotatable bonds is 2. The summed E-state index contributed by atoms with van der Waals surface area (Å²) >= 11 is 0. The van der Waals surface area contributed by atoms with E-state index in [4.69, 9.17) is 0 Å². The molecule has 0 saturated carbocycles. The minimum atomic E-state index is -0.460. The van der Waals surface area contributed by atoms with Gasteiger partial charge in [0.25, 0.3) is 5.56 Å².